The molecule has 1 atom stereocenters. The summed E-state index contributed by atoms with van der Waals surface area (Å²) >= 11 is 5.51. The van der Waals surface area contributed by atoms with Crippen LogP contribution in [0.5, 0.6) is 0 Å². The average Bonchev–Trinajstić information content (AvgIpc) is 0.722. The molecule has 1 unspecified atom stereocenters. The molecular formula is O2S2Se-2. The Balaban J connectivity index is 4.06. The molecule has 0 aromatic carbocycles. The van der Waals surface area contributed by atoms with E-state index in [2.05, 4.69) is 11.2 Å². The van der Waals surface area contributed by atoms with Gasteiger partial charge >= 0.3 is 42.0 Å². The first kappa shape index (κ1) is 5.85. The Hall–Kier alpha value is 0.849. The van der Waals surface area contributed by atoms with Crippen LogP contribution >= 0.6 is 0 Å². The summed E-state index contributed by atoms with van der Waals surface area (Å²) in [5.41, 5.74) is 0. The van der Waals surface area contributed by atoms with Crippen LogP contribution in [0.1, 0.15) is 0 Å². The van der Waals surface area contributed by atoms with Gasteiger partial charge in [-0.2, -0.15) is 0 Å². The van der Waals surface area contributed by atoms with E-state index in [0.717, 1.165) is 0 Å². The third-order valence-corrected chi connectivity index (χ3v) is 0. The molecule has 0 saturated heterocycles. The molecule has 0 N–H and O–H groups in total. The number of hydrogen-bond donors (Lipinski definition) is 0. The zero-order valence-corrected chi connectivity index (χ0v) is 5.39. The van der Waals surface area contributed by atoms with Gasteiger partial charge in [0.05, 0.1) is 0 Å². The zero-order valence-electron chi connectivity index (χ0n) is 2.04. The molecule has 0 aromatic heterocycles. The summed E-state index contributed by atoms with van der Waals surface area (Å²) in [4.78, 5) is 0. The van der Waals surface area contributed by atoms with Crippen LogP contribution in [0.2, 0.25) is 0 Å². The molecule has 32 valence electrons. The molecule has 0 rings (SSSR count). The first-order valence-electron chi connectivity index (χ1n) is 0.667. The molecule has 0 heterocycles. The van der Waals surface area contributed by atoms with Crippen molar-refractivity contribution in [2.75, 3.05) is 0 Å². The maximum atomic E-state index is 9.39. The molecule has 0 saturated carbocycles. The Morgan fingerprint density at radius 1 is 2.00 bits per heavy atom. The quantitative estimate of drug-likeness (QED) is 0.441. The predicted molar refractivity (Wildman–Crippen MR) is 22.0 cm³/mol. The summed E-state index contributed by atoms with van der Waals surface area (Å²) in [7, 11) is -3.21. The fourth-order valence-electron chi connectivity index (χ4n) is 0. The molecule has 5 heteroatoms. The summed E-state index contributed by atoms with van der Waals surface area (Å²) in [5.74, 6) is 0. The van der Waals surface area contributed by atoms with Gasteiger partial charge in [0, 0.05) is 0 Å². The van der Waals surface area contributed by atoms with E-state index in [4.69, 9.17) is 0 Å². The van der Waals surface area contributed by atoms with Crippen molar-refractivity contribution in [2.45, 2.75) is 0 Å². The van der Waals surface area contributed by atoms with Gasteiger partial charge in [0.2, 0.25) is 0 Å². The van der Waals surface area contributed by atoms with Crippen molar-refractivity contribution >= 4 is 33.3 Å². The fraction of sp³-hybridized carbons (Fsp3) is 0. The molecule has 0 aliphatic heterocycles. The van der Waals surface area contributed by atoms with E-state index in [1.54, 1.807) is 14.9 Å². The van der Waals surface area contributed by atoms with Crippen LogP contribution in [0, 0.1) is 0 Å². The van der Waals surface area contributed by atoms with Gasteiger partial charge in [-0.25, -0.2) is 0 Å². The van der Waals surface area contributed by atoms with Gasteiger partial charge < -0.3 is 0 Å². The van der Waals surface area contributed by atoms with Crippen LogP contribution < -0.4 is 0 Å². The third kappa shape index (κ3) is 54.6. The van der Waals surface area contributed by atoms with E-state index in [1.807, 2.05) is 0 Å². The van der Waals surface area contributed by atoms with Crippen LogP contribution in [-0.4, -0.2) is 23.7 Å². The van der Waals surface area contributed by atoms with E-state index in [-0.39, 0.29) is 0 Å². The van der Waals surface area contributed by atoms with Crippen molar-refractivity contribution in [2.24, 2.45) is 0 Å². The van der Waals surface area contributed by atoms with Crippen molar-refractivity contribution in [1.82, 2.24) is 0 Å². The van der Waals surface area contributed by atoms with Gasteiger partial charge in [-0.15, -0.1) is 0 Å². The third-order valence-electron chi connectivity index (χ3n) is 0. The number of rotatable bonds is 0. The molecule has 0 aromatic rings. The standard InChI is InChI=1S/H2O2S2Se/c1-4(2,3)5/h(H2,1,2,3,5)/p-2. The van der Waals surface area contributed by atoms with Gasteiger partial charge in [-0.3, -0.25) is 0 Å². The van der Waals surface area contributed by atoms with Crippen LogP contribution in [0.4, 0.5) is 0 Å². The Labute approximate surface area is 42.3 Å². The Kier molecular flexibility index (Phi) is 1.79. The van der Waals surface area contributed by atoms with Crippen molar-refractivity contribution in [3.63, 3.8) is 0 Å². The van der Waals surface area contributed by atoms with Gasteiger partial charge in [0.1, 0.15) is 0 Å². The molecule has 0 bridgehead atoms. The van der Waals surface area contributed by atoms with Crippen molar-refractivity contribution in [3.8, 4) is 0 Å². The molecule has 5 heavy (non-hydrogen) atoms. The van der Waals surface area contributed by atoms with Crippen LogP contribution in [0.25, 0.3) is 0 Å². The molecule has 0 radical (unpaired) electrons. The second-order valence-corrected chi connectivity index (χ2v) is 6.73. The van der Waals surface area contributed by atoms with Crippen molar-refractivity contribution in [1.29, 1.82) is 0 Å². The van der Waals surface area contributed by atoms with Gasteiger partial charge in [0.25, 0.3) is 0 Å². The topological polar surface area (TPSA) is 40.1 Å². The van der Waals surface area contributed by atoms with E-state index < -0.39 is 7.19 Å². The number of hydrogen-bond acceptors (Lipinski definition) is 3. The monoisotopic (exact) mass is 176 g/mol. The summed E-state index contributed by atoms with van der Waals surface area (Å²) in [5, 5.41) is 0. The molecule has 0 amide bonds. The molecule has 0 spiro atoms. The molecule has 2 nitrogen and oxygen atoms in total. The summed E-state index contributed by atoms with van der Waals surface area (Å²) in [6, 6.07) is 0. The molecule has 0 aliphatic rings. The summed E-state index contributed by atoms with van der Waals surface area (Å²) in [6.07, 6.45) is 0. The second kappa shape index (κ2) is 1.53. The minimum absolute atomic E-state index is 1.77. The van der Waals surface area contributed by atoms with Crippen molar-refractivity contribution < 1.29 is 8.76 Å². The van der Waals surface area contributed by atoms with Crippen molar-refractivity contribution in [3.05, 3.63) is 0 Å². The molecule has 0 aliphatic carbocycles. The van der Waals surface area contributed by atoms with E-state index in [9.17, 15) is 8.76 Å². The summed E-state index contributed by atoms with van der Waals surface area (Å²) < 4.78 is 18.8. The van der Waals surface area contributed by atoms with Gasteiger partial charge in [-0.05, 0) is 0 Å². The normalized spacial score (nSPS) is 21.2. The van der Waals surface area contributed by atoms with Gasteiger partial charge in [-0.1, -0.05) is 0 Å². The minimum atomic E-state index is -3.21. The second-order valence-electron chi connectivity index (χ2n) is 0.408. The first-order valence-corrected chi connectivity index (χ1v) is 5.10. The summed E-state index contributed by atoms with van der Waals surface area (Å²) in [6.45, 7) is 0. The Morgan fingerprint density at radius 3 is 2.00 bits per heavy atom. The molecular weight excluding hydrogens is 175 g/mol. The molecule has 0 fully saturated rings. The first-order chi connectivity index (χ1) is 2.00. The van der Waals surface area contributed by atoms with E-state index in [0.29, 0.717) is 0 Å². The average molecular weight is 175 g/mol. The van der Waals surface area contributed by atoms with Crippen LogP contribution in [-0.2, 0) is 18.4 Å². The van der Waals surface area contributed by atoms with Gasteiger partial charge in [0.15, 0.2) is 0 Å². The SMILES string of the molecule is O=S([O-])(=S)[Se-]. The Morgan fingerprint density at radius 2 is 2.00 bits per heavy atom. The maximum absolute atomic E-state index is 9.39. The zero-order chi connectivity index (χ0) is 4.50. The van der Waals surface area contributed by atoms with Crippen LogP contribution in [0.3, 0.4) is 0 Å². The Bertz CT molecular complexity index is 90.8. The fourth-order valence-corrected chi connectivity index (χ4v) is 0. The van der Waals surface area contributed by atoms with E-state index >= 15 is 0 Å². The predicted octanol–water partition coefficient (Wildman–Crippen LogP) is -1.05. The van der Waals surface area contributed by atoms with Crippen LogP contribution in [0.15, 0.2) is 0 Å². The van der Waals surface area contributed by atoms with E-state index in [1.165, 1.54) is 0 Å².